The quantitative estimate of drug-likeness (QED) is 0.910. The number of rotatable bonds is 2. The van der Waals surface area contributed by atoms with Crippen LogP contribution in [0.15, 0.2) is 5.38 Å². The average Bonchev–Trinajstić information content (AvgIpc) is 2.89. The van der Waals surface area contributed by atoms with E-state index in [1.165, 1.54) is 11.3 Å². The molecule has 0 saturated heterocycles. The molecule has 1 aromatic heterocycles. The van der Waals surface area contributed by atoms with Crippen molar-refractivity contribution >= 4 is 28.2 Å². The van der Waals surface area contributed by atoms with E-state index in [4.69, 9.17) is 0 Å². The molecular weight excluding hydrogens is 272 g/mol. The van der Waals surface area contributed by atoms with Gasteiger partial charge in [-0.1, -0.05) is 20.8 Å². The van der Waals surface area contributed by atoms with E-state index in [2.05, 4.69) is 24.1 Å². The van der Waals surface area contributed by atoms with E-state index in [9.17, 15) is 9.59 Å². The third kappa shape index (κ3) is 1.44. The number of ketones is 1. The van der Waals surface area contributed by atoms with Crippen LogP contribution in [-0.4, -0.2) is 16.7 Å². The van der Waals surface area contributed by atoms with E-state index in [0.29, 0.717) is 11.6 Å². The fraction of sp³-hybridized carbons (Fsp3) is 0.667. The molecule has 1 amide bonds. The molecular formula is C15H20N2O2S. The van der Waals surface area contributed by atoms with Gasteiger partial charge in [-0.05, 0) is 25.2 Å². The van der Waals surface area contributed by atoms with Gasteiger partial charge in [-0.2, -0.15) is 0 Å². The van der Waals surface area contributed by atoms with Crippen LogP contribution < -0.4 is 5.32 Å². The van der Waals surface area contributed by atoms with Crippen molar-refractivity contribution in [2.24, 2.45) is 16.2 Å². The Balaban J connectivity index is 1.93. The first-order valence-electron chi connectivity index (χ1n) is 7.00. The summed E-state index contributed by atoms with van der Waals surface area (Å²) < 4.78 is 0. The van der Waals surface area contributed by atoms with E-state index < -0.39 is 5.41 Å². The summed E-state index contributed by atoms with van der Waals surface area (Å²) >= 11 is 1.43. The number of aryl methyl sites for hydroxylation is 1. The molecule has 0 unspecified atom stereocenters. The van der Waals surface area contributed by atoms with Crippen LogP contribution in [-0.2, 0) is 9.59 Å². The molecule has 108 valence electrons. The van der Waals surface area contributed by atoms with Gasteiger partial charge in [0, 0.05) is 17.2 Å². The number of amides is 1. The largest absolute Gasteiger partial charge is 0.301 e. The average molecular weight is 292 g/mol. The molecule has 1 N–H and O–H groups in total. The van der Waals surface area contributed by atoms with Crippen molar-refractivity contribution in [3.8, 4) is 0 Å². The highest BCUT2D eigenvalue weighted by atomic mass is 32.1. The van der Waals surface area contributed by atoms with Crippen LogP contribution in [0, 0.1) is 23.2 Å². The molecule has 4 nitrogen and oxygen atoms in total. The van der Waals surface area contributed by atoms with E-state index in [0.717, 1.165) is 18.5 Å². The molecule has 0 radical (unpaired) electrons. The predicted octanol–water partition coefficient (Wildman–Crippen LogP) is 3.18. The van der Waals surface area contributed by atoms with Gasteiger partial charge in [0.2, 0.25) is 5.91 Å². The van der Waals surface area contributed by atoms with Gasteiger partial charge in [0.05, 0.1) is 11.1 Å². The third-order valence-electron chi connectivity index (χ3n) is 5.98. The number of carbonyl (C=O) groups is 2. The summed E-state index contributed by atoms with van der Waals surface area (Å²) in [4.78, 5) is 29.4. The number of thiazole rings is 1. The second-order valence-corrected chi connectivity index (χ2v) is 7.75. The van der Waals surface area contributed by atoms with E-state index in [1.807, 2.05) is 19.2 Å². The van der Waals surface area contributed by atoms with Crippen LogP contribution in [0.3, 0.4) is 0 Å². The SMILES string of the molecule is Cc1csc(NC(=O)[C@]23CC[C@](C)(C(=O)C2)C3(C)C)n1. The Bertz CT molecular complexity index is 607. The van der Waals surface area contributed by atoms with Gasteiger partial charge in [-0.25, -0.2) is 4.98 Å². The number of aromatic nitrogens is 1. The lowest BCUT2D eigenvalue weighted by atomic mass is 9.64. The normalized spacial score (nSPS) is 34.5. The zero-order chi connectivity index (χ0) is 14.8. The first-order valence-corrected chi connectivity index (χ1v) is 7.88. The summed E-state index contributed by atoms with van der Waals surface area (Å²) in [5.74, 6) is 0.200. The number of carbonyl (C=O) groups excluding carboxylic acids is 2. The summed E-state index contributed by atoms with van der Waals surface area (Å²) in [5, 5.41) is 5.48. The molecule has 2 atom stereocenters. The molecule has 0 aliphatic heterocycles. The lowest BCUT2D eigenvalue weighted by Crippen LogP contribution is -2.43. The first-order chi connectivity index (χ1) is 9.23. The molecule has 2 fully saturated rings. The zero-order valence-electron chi connectivity index (χ0n) is 12.4. The van der Waals surface area contributed by atoms with E-state index in [1.54, 1.807) is 0 Å². The molecule has 5 heteroatoms. The van der Waals surface area contributed by atoms with Crippen molar-refractivity contribution in [1.29, 1.82) is 0 Å². The lowest BCUT2D eigenvalue weighted by Gasteiger charge is -2.38. The predicted molar refractivity (Wildman–Crippen MR) is 78.7 cm³/mol. The lowest BCUT2D eigenvalue weighted by molar-refractivity contribution is -0.131. The minimum absolute atomic E-state index is 0.0357. The van der Waals surface area contributed by atoms with Crippen molar-refractivity contribution in [2.45, 2.75) is 47.0 Å². The van der Waals surface area contributed by atoms with Crippen LogP contribution in [0.5, 0.6) is 0 Å². The van der Waals surface area contributed by atoms with Crippen LogP contribution in [0.25, 0.3) is 0 Å². The van der Waals surface area contributed by atoms with Gasteiger partial charge in [0.15, 0.2) is 5.13 Å². The molecule has 1 heterocycles. The summed E-state index contributed by atoms with van der Waals surface area (Å²) in [6.45, 7) is 8.06. The van der Waals surface area contributed by atoms with Crippen molar-refractivity contribution in [2.75, 3.05) is 5.32 Å². The van der Waals surface area contributed by atoms with E-state index >= 15 is 0 Å². The molecule has 2 aliphatic carbocycles. The van der Waals surface area contributed by atoms with Crippen molar-refractivity contribution < 1.29 is 9.59 Å². The Morgan fingerprint density at radius 3 is 2.50 bits per heavy atom. The van der Waals surface area contributed by atoms with Crippen molar-refractivity contribution in [3.63, 3.8) is 0 Å². The smallest absolute Gasteiger partial charge is 0.233 e. The number of nitrogens with zero attached hydrogens (tertiary/aromatic N) is 1. The molecule has 0 spiro atoms. The number of anilines is 1. The molecule has 20 heavy (non-hydrogen) atoms. The molecule has 1 aromatic rings. The maximum atomic E-state index is 12.8. The highest BCUT2D eigenvalue weighted by Crippen LogP contribution is 2.70. The van der Waals surface area contributed by atoms with Gasteiger partial charge >= 0.3 is 0 Å². The minimum atomic E-state index is -0.571. The Morgan fingerprint density at radius 2 is 2.05 bits per heavy atom. The fourth-order valence-electron chi connectivity index (χ4n) is 3.99. The van der Waals surface area contributed by atoms with Gasteiger partial charge in [0.1, 0.15) is 5.78 Å². The van der Waals surface area contributed by atoms with Gasteiger partial charge in [-0.3, -0.25) is 9.59 Å². The fourth-order valence-corrected chi connectivity index (χ4v) is 4.67. The monoisotopic (exact) mass is 292 g/mol. The third-order valence-corrected chi connectivity index (χ3v) is 6.86. The second-order valence-electron chi connectivity index (χ2n) is 6.89. The first kappa shape index (κ1) is 13.7. The standard InChI is InChI=1S/C15H20N2O2S/c1-9-8-20-12(16-9)17-11(19)15-6-5-14(4,10(18)7-15)13(15,2)3/h8H,5-7H2,1-4H3,(H,16,17,19)/t14-,15+/m1/s1. The van der Waals surface area contributed by atoms with Crippen LogP contribution in [0.1, 0.15) is 45.7 Å². The van der Waals surface area contributed by atoms with Gasteiger partial charge in [-0.15, -0.1) is 11.3 Å². The number of nitrogens with one attached hydrogen (secondary N) is 1. The summed E-state index contributed by atoms with van der Waals surface area (Å²) in [5.41, 5.74) is -0.324. The Morgan fingerprint density at radius 1 is 1.35 bits per heavy atom. The highest BCUT2D eigenvalue weighted by molar-refractivity contribution is 7.13. The number of hydrogen-bond acceptors (Lipinski definition) is 4. The highest BCUT2D eigenvalue weighted by Gasteiger charge is 2.72. The molecule has 3 rings (SSSR count). The maximum absolute atomic E-state index is 12.8. The number of hydrogen-bond donors (Lipinski definition) is 1. The molecule has 2 saturated carbocycles. The van der Waals surface area contributed by atoms with Crippen molar-refractivity contribution in [1.82, 2.24) is 4.98 Å². The molecule has 2 bridgehead atoms. The summed E-state index contributed by atoms with van der Waals surface area (Å²) in [6.07, 6.45) is 1.97. The second kappa shape index (κ2) is 3.91. The zero-order valence-corrected chi connectivity index (χ0v) is 13.2. The van der Waals surface area contributed by atoms with Gasteiger partial charge < -0.3 is 5.32 Å². The van der Waals surface area contributed by atoms with Crippen LogP contribution in [0.4, 0.5) is 5.13 Å². The Hall–Kier alpha value is -1.23. The topological polar surface area (TPSA) is 59.1 Å². The van der Waals surface area contributed by atoms with Crippen LogP contribution in [0.2, 0.25) is 0 Å². The molecule has 2 aliphatic rings. The Labute approximate surface area is 123 Å². The number of fused-ring (bicyclic) bond motifs is 2. The summed E-state index contributed by atoms with van der Waals surface area (Å²) in [7, 11) is 0. The maximum Gasteiger partial charge on any atom is 0.233 e. The van der Waals surface area contributed by atoms with E-state index in [-0.39, 0.29) is 22.5 Å². The Kier molecular flexibility index (Phi) is 2.68. The van der Waals surface area contributed by atoms with Gasteiger partial charge in [0.25, 0.3) is 0 Å². The summed E-state index contributed by atoms with van der Waals surface area (Å²) in [6, 6.07) is 0. The molecule has 0 aromatic carbocycles. The minimum Gasteiger partial charge on any atom is -0.301 e. The van der Waals surface area contributed by atoms with Crippen molar-refractivity contribution in [3.05, 3.63) is 11.1 Å². The van der Waals surface area contributed by atoms with Crippen LogP contribution >= 0.6 is 11.3 Å². The number of Topliss-reactive ketones (excluding diaryl/α,β-unsaturated/α-hetero) is 1.